The van der Waals surface area contributed by atoms with Gasteiger partial charge in [0.2, 0.25) is 5.91 Å². The van der Waals surface area contributed by atoms with Crippen molar-refractivity contribution in [1.82, 2.24) is 14.9 Å². The molecule has 1 saturated heterocycles. The third-order valence-electron chi connectivity index (χ3n) is 4.46. The molecule has 1 fully saturated rings. The van der Waals surface area contributed by atoms with E-state index in [1.54, 1.807) is 17.7 Å². The largest absolute Gasteiger partial charge is 0.372 e. The molecule has 1 aliphatic rings. The van der Waals surface area contributed by atoms with Crippen LogP contribution >= 0.6 is 23.1 Å². The fraction of sp³-hybridized carbons (Fsp3) is 0.350. The summed E-state index contributed by atoms with van der Waals surface area (Å²) in [6, 6.07) is 12.4. The Morgan fingerprint density at radius 3 is 2.70 bits per heavy atom. The van der Waals surface area contributed by atoms with E-state index in [0.29, 0.717) is 18.8 Å². The van der Waals surface area contributed by atoms with Crippen LogP contribution < -0.4 is 0 Å². The smallest absolute Gasteiger partial charge is 0.233 e. The third-order valence-corrected chi connectivity index (χ3v) is 6.54. The molecule has 0 unspecified atom stereocenters. The van der Waals surface area contributed by atoms with Gasteiger partial charge in [0, 0.05) is 23.4 Å². The fourth-order valence-electron chi connectivity index (χ4n) is 3.30. The molecule has 0 aliphatic carbocycles. The maximum Gasteiger partial charge on any atom is 0.233 e. The second kappa shape index (κ2) is 7.96. The second-order valence-electron chi connectivity index (χ2n) is 6.72. The molecule has 1 aromatic carbocycles. The molecule has 0 N–H and O–H groups in total. The number of aromatic nitrogens is 2. The van der Waals surface area contributed by atoms with Gasteiger partial charge in [-0.2, -0.15) is 0 Å². The first-order chi connectivity index (χ1) is 13.1. The number of amides is 1. The van der Waals surface area contributed by atoms with Gasteiger partial charge < -0.3 is 9.64 Å². The summed E-state index contributed by atoms with van der Waals surface area (Å²) in [5, 5.41) is 1.88. The van der Waals surface area contributed by atoms with E-state index in [-0.39, 0.29) is 18.1 Å². The van der Waals surface area contributed by atoms with Gasteiger partial charge in [-0.3, -0.25) is 4.79 Å². The van der Waals surface area contributed by atoms with Crippen molar-refractivity contribution in [3.8, 4) is 10.4 Å². The summed E-state index contributed by atoms with van der Waals surface area (Å²) >= 11 is 3.14. The van der Waals surface area contributed by atoms with Crippen LogP contribution in [0.3, 0.4) is 0 Å². The van der Waals surface area contributed by atoms with Crippen LogP contribution in [-0.4, -0.2) is 51.8 Å². The standard InChI is InChI=1S/C20H21N3O2S2/c1-13-9-23(10-14(2)25-13)18(24)11-26-19-16-8-17(15-6-4-3-5-7-15)27-20(16)22-12-21-19/h3-8,12-14H,9-11H2,1-2H3/t13-,14-/m0/s1. The quantitative estimate of drug-likeness (QED) is 0.489. The molecule has 4 rings (SSSR count). The predicted octanol–water partition coefficient (Wildman–Crippen LogP) is 4.09. The maximum absolute atomic E-state index is 12.6. The van der Waals surface area contributed by atoms with E-state index >= 15 is 0 Å². The van der Waals surface area contributed by atoms with Gasteiger partial charge in [-0.25, -0.2) is 9.97 Å². The minimum atomic E-state index is 0.0822. The van der Waals surface area contributed by atoms with Crippen molar-refractivity contribution >= 4 is 39.2 Å². The number of morpholine rings is 1. The molecule has 27 heavy (non-hydrogen) atoms. The summed E-state index contributed by atoms with van der Waals surface area (Å²) in [6.07, 6.45) is 1.75. The van der Waals surface area contributed by atoms with Crippen LogP contribution in [0.15, 0.2) is 47.8 Å². The molecule has 3 aromatic rings. The van der Waals surface area contributed by atoms with Crippen molar-refractivity contribution in [2.45, 2.75) is 31.1 Å². The Balaban J connectivity index is 1.50. The van der Waals surface area contributed by atoms with Gasteiger partial charge in [-0.1, -0.05) is 42.1 Å². The zero-order valence-electron chi connectivity index (χ0n) is 15.3. The van der Waals surface area contributed by atoms with E-state index in [9.17, 15) is 4.79 Å². The van der Waals surface area contributed by atoms with Gasteiger partial charge in [0.25, 0.3) is 0 Å². The topological polar surface area (TPSA) is 55.3 Å². The molecule has 5 nitrogen and oxygen atoms in total. The lowest BCUT2D eigenvalue weighted by Crippen LogP contribution is -2.48. The second-order valence-corrected chi connectivity index (χ2v) is 8.71. The molecule has 1 amide bonds. The molecule has 2 atom stereocenters. The molecule has 0 spiro atoms. The molecule has 0 saturated carbocycles. The number of ether oxygens (including phenoxy) is 1. The summed E-state index contributed by atoms with van der Waals surface area (Å²) in [7, 11) is 0. The van der Waals surface area contributed by atoms with Crippen molar-refractivity contribution in [3.63, 3.8) is 0 Å². The monoisotopic (exact) mass is 399 g/mol. The van der Waals surface area contributed by atoms with Crippen molar-refractivity contribution < 1.29 is 9.53 Å². The number of rotatable bonds is 4. The van der Waals surface area contributed by atoms with Crippen LogP contribution in [-0.2, 0) is 9.53 Å². The Hall–Kier alpha value is -1.96. The number of hydrogen-bond acceptors (Lipinski definition) is 6. The van der Waals surface area contributed by atoms with Crippen LogP contribution in [0.25, 0.3) is 20.7 Å². The number of thiophene rings is 1. The fourth-order valence-corrected chi connectivity index (χ4v) is 5.24. The molecule has 3 heterocycles. The van der Waals surface area contributed by atoms with Crippen molar-refractivity contribution in [2.24, 2.45) is 0 Å². The summed E-state index contributed by atoms with van der Waals surface area (Å²) in [6.45, 7) is 5.32. The molecule has 0 bridgehead atoms. The molecule has 1 aliphatic heterocycles. The first-order valence-corrected chi connectivity index (χ1v) is 10.8. The SMILES string of the molecule is C[C@H]1CN(C(=O)CSc2ncnc3sc(-c4ccccc4)cc23)C[C@H](C)O1. The zero-order valence-corrected chi connectivity index (χ0v) is 16.9. The van der Waals surface area contributed by atoms with E-state index in [1.807, 2.05) is 36.9 Å². The maximum atomic E-state index is 12.6. The van der Waals surface area contributed by atoms with Crippen molar-refractivity contribution in [1.29, 1.82) is 0 Å². The lowest BCUT2D eigenvalue weighted by molar-refractivity contribution is -0.140. The Labute approximate surface area is 166 Å². The minimum absolute atomic E-state index is 0.0822. The van der Waals surface area contributed by atoms with Gasteiger partial charge >= 0.3 is 0 Å². The first kappa shape index (κ1) is 18.4. The highest BCUT2D eigenvalue weighted by molar-refractivity contribution is 8.00. The summed E-state index contributed by atoms with van der Waals surface area (Å²) in [5.74, 6) is 0.509. The van der Waals surface area contributed by atoms with Crippen LogP contribution in [0.1, 0.15) is 13.8 Å². The highest BCUT2D eigenvalue weighted by Crippen LogP contribution is 2.36. The van der Waals surface area contributed by atoms with Crippen molar-refractivity contribution in [2.75, 3.05) is 18.8 Å². The number of hydrogen-bond donors (Lipinski definition) is 0. The first-order valence-electron chi connectivity index (χ1n) is 8.96. The Morgan fingerprint density at radius 1 is 1.22 bits per heavy atom. The highest BCUT2D eigenvalue weighted by Gasteiger charge is 2.26. The average molecular weight is 400 g/mol. The minimum Gasteiger partial charge on any atom is -0.372 e. The molecular weight excluding hydrogens is 378 g/mol. The number of carbonyl (C=O) groups excluding carboxylic acids is 1. The van der Waals surface area contributed by atoms with Gasteiger partial charge in [-0.05, 0) is 25.5 Å². The van der Waals surface area contributed by atoms with Crippen LogP contribution in [0.4, 0.5) is 0 Å². The average Bonchev–Trinajstić information content (AvgIpc) is 3.11. The molecule has 0 radical (unpaired) electrons. The van der Waals surface area contributed by atoms with Crippen LogP contribution in [0, 0.1) is 0 Å². The summed E-state index contributed by atoms with van der Waals surface area (Å²) in [4.78, 5) is 25.5. The summed E-state index contributed by atoms with van der Waals surface area (Å²) in [5.41, 5.74) is 1.17. The number of fused-ring (bicyclic) bond motifs is 1. The number of carbonyl (C=O) groups is 1. The van der Waals surface area contributed by atoms with E-state index in [1.165, 1.54) is 17.3 Å². The Kier molecular flexibility index (Phi) is 5.43. The highest BCUT2D eigenvalue weighted by atomic mass is 32.2. The number of benzene rings is 1. The predicted molar refractivity (Wildman–Crippen MR) is 110 cm³/mol. The number of thioether (sulfide) groups is 1. The third kappa shape index (κ3) is 4.15. The Morgan fingerprint density at radius 2 is 1.96 bits per heavy atom. The normalized spacial score (nSPS) is 20.1. The van der Waals surface area contributed by atoms with E-state index in [4.69, 9.17) is 4.74 Å². The molecule has 7 heteroatoms. The van der Waals surface area contributed by atoms with Crippen LogP contribution in [0.5, 0.6) is 0 Å². The molecule has 2 aromatic heterocycles. The van der Waals surface area contributed by atoms with Crippen molar-refractivity contribution in [3.05, 3.63) is 42.7 Å². The molecular formula is C20H21N3O2S2. The van der Waals surface area contributed by atoms with E-state index in [0.717, 1.165) is 20.1 Å². The number of nitrogens with zero attached hydrogens (tertiary/aromatic N) is 3. The van der Waals surface area contributed by atoms with Gasteiger partial charge in [0.15, 0.2) is 0 Å². The van der Waals surface area contributed by atoms with Gasteiger partial charge in [0.1, 0.15) is 16.2 Å². The van der Waals surface area contributed by atoms with Gasteiger partial charge in [-0.15, -0.1) is 11.3 Å². The van der Waals surface area contributed by atoms with Gasteiger partial charge in [0.05, 0.1) is 18.0 Å². The zero-order chi connectivity index (χ0) is 18.8. The Bertz CT molecular complexity index is 935. The van der Waals surface area contributed by atoms with E-state index in [2.05, 4.69) is 28.2 Å². The molecule has 140 valence electrons. The van der Waals surface area contributed by atoms with E-state index < -0.39 is 0 Å². The lowest BCUT2D eigenvalue weighted by Gasteiger charge is -2.35. The lowest BCUT2D eigenvalue weighted by atomic mass is 10.2. The van der Waals surface area contributed by atoms with Crippen LogP contribution in [0.2, 0.25) is 0 Å². The summed E-state index contributed by atoms with van der Waals surface area (Å²) < 4.78 is 5.71.